The standard InChI is InChI=1S/C20H20N2O2/c1-3-22(4-2)17-12-10-15(11-13-17)14-18-19(21-24-20(18)23)16-8-6-5-7-9-16/h5-14H,3-4H2,1-2H3/b18-14+. The number of carbonyl (C=O) groups excluding carboxylic acids is 1. The summed E-state index contributed by atoms with van der Waals surface area (Å²) in [5, 5.41) is 3.93. The van der Waals surface area contributed by atoms with Crippen molar-refractivity contribution in [2.24, 2.45) is 5.16 Å². The van der Waals surface area contributed by atoms with Gasteiger partial charge in [0.25, 0.3) is 0 Å². The highest BCUT2D eigenvalue weighted by Gasteiger charge is 2.26. The van der Waals surface area contributed by atoms with Crippen molar-refractivity contribution < 1.29 is 9.63 Å². The molecule has 1 heterocycles. The quantitative estimate of drug-likeness (QED) is 0.620. The van der Waals surface area contributed by atoms with Gasteiger partial charge in [0.2, 0.25) is 0 Å². The van der Waals surface area contributed by atoms with Crippen LogP contribution in [0.15, 0.2) is 65.3 Å². The van der Waals surface area contributed by atoms with E-state index in [1.54, 1.807) is 0 Å². The first-order valence-electron chi connectivity index (χ1n) is 8.14. The lowest BCUT2D eigenvalue weighted by atomic mass is 10.0. The summed E-state index contributed by atoms with van der Waals surface area (Å²) in [6, 6.07) is 17.7. The lowest BCUT2D eigenvalue weighted by Crippen LogP contribution is -2.21. The third-order valence-corrected chi connectivity index (χ3v) is 4.07. The maximum Gasteiger partial charge on any atom is 0.368 e. The Morgan fingerprint density at radius 2 is 1.67 bits per heavy atom. The monoisotopic (exact) mass is 320 g/mol. The number of hydrogen-bond acceptors (Lipinski definition) is 4. The third-order valence-electron chi connectivity index (χ3n) is 4.07. The molecule has 0 aliphatic carbocycles. The molecule has 0 bridgehead atoms. The minimum atomic E-state index is -0.415. The summed E-state index contributed by atoms with van der Waals surface area (Å²) < 4.78 is 0. The summed E-state index contributed by atoms with van der Waals surface area (Å²) in [6.07, 6.45) is 1.83. The van der Waals surface area contributed by atoms with Crippen molar-refractivity contribution in [3.63, 3.8) is 0 Å². The molecule has 24 heavy (non-hydrogen) atoms. The van der Waals surface area contributed by atoms with Gasteiger partial charge in [-0.2, -0.15) is 0 Å². The second-order valence-corrected chi connectivity index (χ2v) is 5.51. The van der Waals surface area contributed by atoms with Crippen LogP contribution in [-0.4, -0.2) is 24.8 Å². The molecule has 0 saturated carbocycles. The summed E-state index contributed by atoms with van der Waals surface area (Å²) in [5.74, 6) is -0.415. The average Bonchev–Trinajstić information content (AvgIpc) is 2.99. The Bertz CT molecular complexity index is 773. The summed E-state index contributed by atoms with van der Waals surface area (Å²) in [4.78, 5) is 19.2. The molecule has 0 unspecified atom stereocenters. The fourth-order valence-electron chi connectivity index (χ4n) is 2.75. The van der Waals surface area contributed by atoms with Gasteiger partial charge in [0, 0.05) is 24.3 Å². The molecule has 1 aliphatic heterocycles. The van der Waals surface area contributed by atoms with E-state index >= 15 is 0 Å². The van der Waals surface area contributed by atoms with E-state index in [-0.39, 0.29) is 0 Å². The Kier molecular flexibility index (Phi) is 4.75. The Morgan fingerprint density at radius 1 is 1.00 bits per heavy atom. The molecule has 0 atom stereocenters. The van der Waals surface area contributed by atoms with E-state index in [0.29, 0.717) is 11.3 Å². The lowest BCUT2D eigenvalue weighted by Gasteiger charge is -2.20. The molecule has 0 spiro atoms. The molecule has 2 aromatic rings. The summed E-state index contributed by atoms with van der Waals surface area (Å²) in [6.45, 7) is 6.20. The van der Waals surface area contributed by atoms with Gasteiger partial charge in [-0.05, 0) is 37.6 Å². The van der Waals surface area contributed by atoms with Crippen molar-refractivity contribution >= 4 is 23.4 Å². The van der Waals surface area contributed by atoms with E-state index < -0.39 is 5.97 Å². The van der Waals surface area contributed by atoms with Gasteiger partial charge < -0.3 is 9.74 Å². The molecule has 122 valence electrons. The van der Waals surface area contributed by atoms with Gasteiger partial charge in [0.05, 0.1) is 5.57 Å². The Morgan fingerprint density at radius 3 is 2.29 bits per heavy atom. The number of rotatable bonds is 5. The van der Waals surface area contributed by atoms with Gasteiger partial charge in [-0.1, -0.05) is 47.6 Å². The van der Waals surface area contributed by atoms with E-state index in [9.17, 15) is 4.79 Å². The van der Waals surface area contributed by atoms with Crippen LogP contribution in [0.4, 0.5) is 5.69 Å². The van der Waals surface area contributed by atoms with Crippen LogP contribution in [0.25, 0.3) is 6.08 Å². The first-order valence-corrected chi connectivity index (χ1v) is 8.14. The number of anilines is 1. The van der Waals surface area contributed by atoms with Crippen LogP contribution in [0.1, 0.15) is 25.0 Å². The maximum atomic E-state index is 12.0. The third kappa shape index (κ3) is 3.23. The average molecular weight is 320 g/mol. The number of hydrogen-bond donors (Lipinski definition) is 0. The van der Waals surface area contributed by atoms with Gasteiger partial charge in [-0.25, -0.2) is 4.79 Å². The molecule has 1 aliphatic rings. The molecule has 3 rings (SSSR count). The fourth-order valence-corrected chi connectivity index (χ4v) is 2.75. The molecular formula is C20H20N2O2. The van der Waals surface area contributed by atoms with E-state index in [4.69, 9.17) is 4.84 Å². The zero-order valence-corrected chi connectivity index (χ0v) is 13.9. The zero-order valence-electron chi connectivity index (χ0n) is 13.9. The van der Waals surface area contributed by atoms with Crippen LogP contribution in [-0.2, 0) is 9.63 Å². The zero-order chi connectivity index (χ0) is 16.9. The number of nitrogens with zero attached hydrogens (tertiary/aromatic N) is 2. The van der Waals surface area contributed by atoms with Crippen LogP contribution >= 0.6 is 0 Å². The smallest absolute Gasteiger partial charge is 0.368 e. The van der Waals surface area contributed by atoms with Crippen molar-refractivity contribution in [3.05, 3.63) is 71.3 Å². The van der Waals surface area contributed by atoms with Crippen molar-refractivity contribution in [3.8, 4) is 0 Å². The predicted molar refractivity (Wildman–Crippen MR) is 97.1 cm³/mol. The highest BCUT2D eigenvalue weighted by molar-refractivity contribution is 6.31. The molecule has 2 aromatic carbocycles. The molecule has 0 amide bonds. The van der Waals surface area contributed by atoms with Crippen LogP contribution in [0.5, 0.6) is 0 Å². The van der Waals surface area contributed by atoms with Crippen LogP contribution in [0.3, 0.4) is 0 Å². The van der Waals surface area contributed by atoms with Crippen LogP contribution in [0, 0.1) is 0 Å². The summed E-state index contributed by atoms with van der Waals surface area (Å²) in [5.41, 5.74) is 4.05. The van der Waals surface area contributed by atoms with Crippen molar-refractivity contribution in [2.45, 2.75) is 13.8 Å². The highest BCUT2D eigenvalue weighted by Crippen LogP contribution is 2.22. The van der Waals surface area contributed by atoms with Gasteiger partial charge in [-0.3, -0.25) is 0 Å². The molecule has 0 fully saturated rings. The lowest BCUT2D eigenvalue weighted by molar-refractivity contribution is -0.136. The normalized spacial score (nSPS) is 15.3. The van der Waals surface area contributed by atoms with Crippen LogP contribution in [0.2, 0.25) is 0 Å². The molecule has 0 N–H and O–H groups in total. The topological polar surface area (TPSA) is 41.9 Å². The largest absolute Gasteiger partial charge is 0.372 e. The van der Waals surface area contributed by atoms with Gasteiger partial charge >= 0.3 is 5.97 Å². The van der Waals surface area contributed by atoms with E-state index in [0.717, 1.165) is 24.2 Å². The Labute approximate surface area is 142 Å². The van der Waals surface area contributed by atoms with Gasteiger partial charge in [0.15, 0.2) is 0 Å². The minimum absolute atomic E-state index is 0.415. The molecule has 4 heteroatoms. The second kappa shape index (κ2) is 7.13. The first-order chi connectivity index (χ1) is 11.7. The SMILES string of the molecule is CCN(CC)c1ccc(/C=C2/C(=O)ON=C2c2ccccc2)cc1. The Balaban J connectivity index is 1.89. The van der Waals surface area contributed by atoms with E-state index in [1.165, 1.54) is 5.69 Å². The van der Waals surface area contributed by atoms with Crippen LogP contribution < -0.4 is 4.90 Å². The van der Waals surface area contributed by atoms with Gasteiger partial charge in [-0.15, -0.1) is 0 Å². The minimum Gasteiger partial charge on any atom is -0.372 e. The maximum absolute atomic E-state index is 12.0. The summed E-state index contributed by atoms with van der Waals surface area (Å²) >= 11 is 0. The molecule has 4 nitrogen and oxygen atoms in total. The number of benzene rings is 2. The highest BCUT2D eigenvalue weighted by atomic mass is 16.7. The Hall–Kier alpha value is -2.88. The fraction of sp³-hybridized carbons (Fsp3) is 0.200. The van der Waals surface area contributed by atoms with Crippen molar-refractivity contribution in [1.29, 1.82) is 0 Å². The van der Waals surface area contributed by atoms with Gasteiger partial charge in [0.1, 0.15) is 5.71 Å². The number of carbonyl (C=O) groups is 1. The van der Waals surface area contributed by atoms with Crippen molar-refractivity contribution in [2.75, 3.05) is 18.0 Å². The second-order valence-electron chi connectivity index (χ2n) is 5.51. The first kappa shape index (κ1) is 16.0. The van der Waals surface area contributed by atoms with E-state index in [2.05, 4.69) is 36.0 Å². The van der Waals surface area contributed by atoms with Crippen molar-refractivity contribution in [1.82, 2.24) is 0 Å². The summed E-state index contributed by atoms with van der Waals surface area (Å²) in [7, 11) is 0. The molecule has 0 aromatic heterocycles. The molecule has 0 saturated heterocycles. The van der Waals surface area contributed by atoms with E-state index in [1.807, 2.05) is 48.5 Å². The molecular weight excluding hydrogens is 300 g/mol. The number of oxime groups is 1. The predicted octanol–water partition coefficient (Wildman–Crippen LogP) is 3.88. The molecule has 0 radical (unpaired) electrons.